The van der Waals surface area contributed by atoms with Gasteiger partial charge >= 0.3 is 0 Å². The molecule has 1 fully saturated rings. The number of ether oxygens (including phenoxy) is 4. The van der Waals surface area contributed by atoms with E-state index < -0.39 is 11.4 Å². The van der Waals surface area contributed by atoms with Crippen LogP contribution in [0.5, 0.6) is 0 Å². The molecule has 0 radical (unpaired) electrons. The van der Waals surface area contributed by atoms with Crippen molar-refractivity contribution < 1.29 is 23.7 Å². The molecule has 0 spiro atoms. The first-order valence-corrected chi connectivity index (χ1v) is 8.09. The van der Waals surface area contributed by atoms with Crippen LogP contribution in [0.2, 0.25) is 0 Å². The van der Waals surface area contributed by atoms with Crippen molar-refractivity contribution >= 4 is 5.78 Å². The standard InChI is InChI=1S/C19H24O5/c1-13-11-18(21-2)16(24-12-14-8-6-5-7-9-14)10-15(13)19(22-3,23-4)17(18)20/h5-9,11,15-16H,10,12H2,1-4H3/t15-,16-,18+/m1/s1. The van der Waals surface area contributed by atoms with Crippen LogP contribution in [0.15, 0.2) is 42.0 Å². The molecule has 0 saturated heterocycles. The molecule has 0 heterocycles. The van der Waals surface area contributed by atoms with Gasteiger partial charge in [-0.05, 0) is 25.0 Å². The summed E-state index contributed by atoms with van der Waals surface area (Å²) >= 11 is 0. The number of hydrogen-bond acceptors (Lipinski definition) is 5. The van der Waals surface area contributed by atoms with E-state index >= 15 is 0 Å². The molecule has 1 aromatic rings. The Kier molecular flexibility index (Phi) is 4.62. The van der Waals surface area contributed by atoms with Gasteiger partial charge in [-0.15, -0.1) is 0 Å². The third-order valence-electron chi connectivity index (χ3n) is 5.29. The summed E-state index contributed by atoms with van der Waals surface area (Å²) in [6, 6.07) is 9.89. The lowest BCUT2D eigenvalue weighted by molar-refractivity contribution is -0.269. The lowest BCUT2D eigenvalue weighted by atomic mass is 9.62. The zero-order valence-electron chi connectivity index (χ0n) is 14.6. The lowest BCUT2D eigenvalue weighted by Gasteiger charge is -2.54. The first-order chi connectivity index (χ1) is 11.5. The van der Waals surface area contributed by atoms with Crippen molar-refractivity contribution in [3.63, 3.8) is 0 Å². The van der Waals surface area contributed by atoms with Gasteiger partial charge in [-0.2, -0.15) is 0 Å². The average molecular weight is 332 g/mol. The number of hydrogen-bond donors (Lipinski definition) is 0. The van der Waals surface area contributed by atoms with E-state index in [1.807, 2.05) is 43.3 Å². The molecular weight excluding hydrogens is 308 g/mol. The van der Waals surface area contributed by atoms with Crippen molar-refractivity contribution in [2.75, 3.05) is 21.3 Å². The summed E-state index contributed by atoms with van der Waals surface area (Å²) in [6.07, 6.45) is 2.11. The molecule has 0 aromatic heterocycles. The molecule has 130 valence electrons. The maximum Gasteiger partial charge on any atom is 0.238 e. The van der Waals surface area contributed by atoms with E-state index in [1.54, 1.807) is 0 Å². The van der Waals surface area contributed by atoms with Crippen molar-refractivity contribution in [2.24, 2.45) is 5.92 Å². The summed E-state index contributed by atoms with van der Waals surface area (Å²) in [6.45, 7) is 2.40. The van der Waals surface area contributed by atoms with Crippen LogP contribution in [-0.2, 0) is 30.3 Å². The highest BCUT2D eigenvalue weighted by Gasteiger charge is 2.67. The number of fused-ring (bicyclic) bond motifs is 2. The Morgan fingerprint density at radius 1 is 1.08 bits per heavy atom. The molecule has 3 atom stereocenters. The van der Waals surface area contributed by atoms with E-state index in [4.69, 9.17) is 18.9 Å². The van der Waals surface area contributed by atoms with Crippen LogP contribution in [0.3, 0.4) is 0 Å². The summed E-state index contributed by atoms with van der Waals surface area (Å²) in [7, 11) is 4.53. The first kappa shape index (κ1) is 17.3. The van der Waals surface area contributed by atoms with Crippen molar-refractivity contribution in [3.05, 3.63) is 47.5 Å². The topological polar surface area (TPSA) is 54.0 Å². The number of ketones is 1. The van der Waals surface area contributed by atoms with Gasteiger partial charge in [0, 0.05) is 27.2 Å². The second-order valence-electron chi connectivity index (χ2n) is 6.36. The first-order valence-electron chi connectivity index (χ1n) is 8.09. The summed E-state index contributed by atoms with van der Waals surface area (Å²) in [5.74, 6) is -1.72. The molecule has 3 aliphatic carbocycles. The maximum atomic E-state index is 13.2. The molecule has 0 amide bonds. The van der Waals surface area contributed by atoms with Crippen molar-refractivity contribution in [1.29, 1.82) is 0 Å². The molecule has 3 aliphatic rings. The molecule has 24 heavy (non-hydrogen) atoms. The molecule has 2 bridgehead atoms. The molecule has 1 saturated carbocycles. The van der Waals surface area contributed by atoms with E-state index in [2.05, 4.69) is 0 Å². The number of benzene rings is 1. The van der Waals surface area contributed by atoms with Crippen LogP contribution in [0.1, 0.15) is 18.9 Å². The number of carbonyl (C=O) groups excluding carboxylic acids is 1. The van der Waals surface area contributed by atoms with Crippen molar-refractivity contribution in [1.82, 2.24) is 0 Å². The molecule has 5 nitrogen and oxygen atoms in total. The summed E-state index contributed by atoms with van der Waals surface area (Å²) < 4.78 is 22.9. The Morgan fingerprint density at radius 2 is 1.75 bits per heavy atom. The second kappa shape index (κ2) is 6.41. The van der Waals surface area contributed by atoms with Crippen LogP contribution in [-0.4, -0.2) is 44.6 Å². The molecule has 0 aliphatic heterocycles. The quantitative estimate of drug-likeness (QED) is 0.592. The largest absolute Gasteiger partial charge is 0.370 e. The van der Waals surface area contributed by atoms with Crippen molar-refractivity contribution in [3.8, 4) is 0 Å². The van der Waals surface area contributed by atoms with Crippen molar-refractivity contribution in [2.45, 2.75) is 37.4 Å². The fourth-order valence-electron chi connectivity index (χ4n) is 4.00. The highest BCUT2D eigenvalue weighted by molar-refractivity contribution is 5.99. The van der Waals surface area contributed by atoms with Gasteiger partial charge in [0.05, 0.1) is 12.7 Å². The fourth-order valence-corrected chi connectivity index (χ4v) is 4.00. The number of carbonyl (C=O) groups is 1. The second-order valence-corrected chi connectivity index (χ2v) is 6.36. The van der Waals surface area contributed by atoms with E-state index in [1.165, 1.54) is 21.3 Å². The Hall–Kier alpha value is -1.53. The monoisotopic (exact) mass is 332 g/mol. The van der Waals surface area contributed by atoms with E-state index in [-0.39, 0.29) is 17.8 Å². The van der Waals surface area contributed by atoms with Gasteiger partial charge in [-0.3, -0.25) is 4.79 Å². The Bertz CT molecular complexity index is 634. The minimum atomic E-state index is -1.30. The third-order valence-corrected chi connectivity index (χ3v) is 5.29. The van der Waals surface area contributed by atoms with E-state index in [0.717, 1.165) is 11.1 Å². The van der Waals surface area contributed by atoms with Gasteiger partial charge in [0.1, 0.15) is 0 Å². The summed E-state index contributed by atoms with van der Waals surface area (Å²) in [4.78, 5) is 13.2. The van der Waals surface area contributed by atoms with Crippen LogP contribution >= 0.6 is 0 Å². The SMILES string of the molecule is COC1(OC)C(=O)[C@]2(OC)C=C(C)[C@H]1C[C@H]2OCc1ccccc1. The normalized spacial score (nSPS) is 31.2. The molecule has 5 heteroatoms. The Balaban J connectivity index is 1.91. The van der Waals surface area contributed by atoms with Gasteiger partial charge in [0.25, 0.3) is 0 Å². The molecule has 1 aromatic carbocycles. The minimum Gasteiger partial charge on any atom is -0.370 e. The third kappa shape index (κ3) is 2.35. The predicted octanol–water partition coefficient (Wildman–Crippen LogP) is 2.50. The maximum absolute atomic E-state index is 13.2. The van der Waals surface area contributed by atoms with Gasteiger partial charge in [0.15, 0.2) is 5.60 Å². The highest BCUT2D eigenvalue weighted by atomic mass is 16.7. The van der Waals surface area contributed by atoms with Gasteiger partial charge in [0.2, 0.25) is 11.6 Å². The zero-order valence-corrected chi connectivity index (χ0v) is 14.6. The van der Waals surface area contributed by atoms with Crippen LogP contribution in [0, 0.1) is 5.92 Å². The smallest absolute Gasteiger partial charge is 0.238 e. The minimum absolute atomic E-state index is 0.183. The van der Waals surface area contributed by atoms with Crippen LogP contribution in [0.4, 0.5) is 0 Å². The van der Waals surface area contributed by atoms with E-state index in [9.17, 15) is 4.79 Å². The van der Waals surface area contributed by atoms with Crippen LogP contribution < -0.4 is 0 Å². The Morgan fingerprint density at radius 3 is 2.33 bits per heavy atom. The predicted molar refractivity (Wildman–Crippen MR) is 88.4 cm³/mol. The molecule has 0 unspecified atom stereocenters. The average Bonchev–Trinajstić information content (AvgIpc) is 2.62. The fraction of sp³-hybridized carbons (Fsp3) is 0.526. The number of methoxy groups -OCH3 is 3. The molecular formula is C19H24O5. The van der Waals surface area contributed by atoms with Gasteiger partial charge in [-0.1, -0.05) is 35.9 Å². The summed E-state index contributed by atoms with van der Waals surface area (Å²) in [5.41, 5.74) is 0.905. The number of rotatable bonds is 6. The van der Waals surface area contributed by atoms with E-state index in [0.29, 0.717) is 13.0 Å². The molecule has 0 N–H and O–H groups in total. The summed E-state index contributed by atoms with van der Waals surface area (Å²) in [5, 5.41) is 0. The zero-order chi connectivity index (χ0) is 17.4. The Labute approximate surface area is 142 Å². The number of Topliss-reactive ketones (excluding diaryl/α,β-unsaturated/α-hetero) is 1. The lowest BCUT2D eigenvalue weighted by Crippen LogP contribution is -2.71. The highest BCUT2D eigenvalue weighted by Crippen LogP contribution is 2.51. The molecule has 4 rings (SSSR count). The van der Waals surface area contributed by atoms with Gasteiger partial charge in [-0.25, -0.2) is 0 Å². The van der Waals surface area contributed by atoms with Crippen LogP contribution in [0.25, 0.3) is 0 Å². The van der Waals surface area contributed by atoms with Gasteiger partial charge < -0.3 is 18.9 Å².